The second-order valence-electron chi connectivity index (χ2n) is 3.65. The van der Waals surface area contributed by atoms with Crippen LogP contribution in [0.1, 0.15) is 19.3 Å². The van der Waals surface area contributed by atoms with Gasteiger partial charge in [-0.25, -0.2) is 9.59 Å². The number of hydrogen-bond donors (Lipinski definition) is 2. The highest BCUT2D eigenvalue weighted by atomic mass is 19.4. The monoisotopic (exact) mass is 268 g/mol. The highest BCUT2D eigenvalue weighted by Crippen LogP contribution is 2.14. The molecule has 18 heavy (non-hydrogen) atoms. The molecule has 1 saturated heterocycles. The van der Waals surface area contributed by atoms with Crippen LogP contribution in [0.25, 0.3) is 0 Å². The van der Waals surface area contributed by atoms with E-state index in [0.29, 0.717) is 6.42 Å². The summed E-state index contributed by atoms with van der Waals surface area (Å²) in [4.78, 5) is 32.0. The number of nitrogens with one attached hydrogen (secondary N) is 2. The minimum absolute atomic E-state index is 0.145. The lowest BCUT2D eigenvalue weighted by molar-refractivity contribution is -0.173. The van der Waals surface area contributed by atoms with Gasteiger partial charge >= 0.3 is 24.1 Å². The Morgan fingerprint density at radius 3 is 2.50 bits per heavy atom. The van der Waals surface area contributed by atoms with Crippen LogP contribution in [0.5, 0.6) is 0 Å². The molecule has 2 N–H and O–H groups in total. The van der Waals surface area contributed by atoms with Gasteiger partial charge in [-0.2, -0.15) is 13.2 Å². The number of esters is 1. The number of ether oxygens (including phenoxy) is 1. The average Bonchev–Trinajstić information content (AvgIpc) is 2.55. The molecule has 0 aromatic carbocycles. The zero-order valence-corrected chi connectivity index (χ0v) is 9.17. The molecule has 0 aromatic heterocycles. The third-order valence-corrected chi connectivity index (χ3v) is 2.23. The summed E-state index contributed by atoms with van der Waals surface area (Å²) >= 11 is 0. The Balaban J connectivity index is 2.11. The maximum Gasteiger partial charge on any atom is 0.471 e. The Hall–Kier alpha value is -1.80. The minimum Gasteiger partial charge on any atom is -0.375 e. The SMILES string of the molecule is O=C1N[C@H](CCCCNC(=O)C(F)(F)F)C(=O)O1. The van der Waals surface area contributed by atoms with Gasteiger partial charge in [0.2, 0.25) is 0 Å². The maximum atomic E-state index is 11.8. The van der Waals surface area contributed by atoms with Crippen LogP contribution in [-0.4, -0.2) is 36.7 Å². The number of carbonyl (C=O) groups is 3. The second-order valence-corrected chi connectivity index (χ2v) is 3.65. The summed E-state index contributed by atoms with van der Waals surface area (Å²) in [6, 6.07) is -0.754. The molecule has 1 rings (SSSR count). The van der Waals surface area contributed by atoms with Crippen LogP contribution in [0.15, 0.2) is 0 Å². The highest BCUT2D eigenvalue weighted by molar-refractivity contribution is 5.95. The lowest BCUT2D eigenvalue weighted by Gasteiger charge is -2.08. The van der Waals surface area contributed by atoms with Crippen molar-refractivity contribution in [3.05, 3.63) is 0 Å². The van der Waals surface area contributed by atoms with E-state index >= 15 is 0 Å². The van der Waals surface area contributed by atoms with E-state index in [-0.39, 0.29) is 19.4 Å². The smallest absolute Gasteiger partial charge is 0.375 e. The van der Waals surface area contributed by atoms with Crippen molar-refractivity contribution in [2.45, 2.75) is 31.5 Å². The predicted molar refractivity (Wildman–Crippen MR) is 51.3 cm³/mol. The zero-order chi connectivity index (χ0) is 13.8. The summed E-state index contributed by atoms with van der Waals surface area (Å²) in [7, 11) is 0. The molecule has 0 saturated carbocycles. The number of carbonyl (C=O) groups excluding carboxylic acids is 3. The van der Waals surface area contributed by atoms with Crippen LogP contribution in [0.4, 0.5) is 18.0 Å². The minimum atomic E-state index is -4.89. The summed E-state index contributed by atoms with van der Waals surface area (Å²) in [5, 5.41) is 3.95. The summed E-state index contributed by atoms with van der Waals surface area (Å²) in [5.74, 6) is -2.68. The van der Waals surface area contributed by atoms with Crippen LogP contribution in [-0.2, 0) is 14.3 Å². The van der Waals surface area contributed by atoms with Crippen LogP contribution in [0.2, 0.25) is 0 Å². The average molecular weight is 268 g/mol. The van der Waals surface area contributed by atoms with Crippen LogP contribution in [0, 0.1) is 0 Å². The van der Waals surface area contributed by atoms with Crippen molar-refractivity contribution in [3.63, 3.8) is 0 Å². The molecule has 1 fully saturated rings. The lowest BCUT2D eigenvalue weighted by Crippen LogP contribution is -2.37. The van der Waals surface area contributed by atoms with Gasteiger partial charge in [0.15, 0.2) is 0 Å². The van der Waals surface area contributed by atoms with Gasteiger partial charge in [0.1, 0.15) is 6.04 Å². The van der Waals surface area contributed by atoms with Crippen molar-refractivity contribution < 1.29 is 32.3 Å². The van der Waals surface area contributed by atoms with Gasteiger partial charge in [-0.05, 0) is 19.3 Å². The number of halogens is 3. The fourth-order valence-electron chi connectivity index (χ4n) is 1.36. The number of cyclic esters (lactones) is 2. The Labute approximate surface area is 99.8 Å². The second kappa shape index (κ2) is 5.69. The molecule has 6 nitrogen and oxygen atoms in total. The number of amides is 2. The van der Waals surface area contributed by atoms with Gasteiger partial charge in [0.25, 0.3) is 0 Å². The third-order valence-electron chi connectivity index (χ3n) is 2.23. The molecular weight excluding hydrogens is 257 g/mol. The first-order valence-electron chi connectivity index (χ1n) is 5.18. The Kier molecular flexibility index (Phi) is 4.51. The van der Waals surface area contributed by atoms with Crippen LogP contribution >= 0.6 is 0 Å². The number of alkyl halides is 3. The first-order valence-corrected chi connectivity index (χ1v) is 5.18. The topological polar surface area (TPSA) is 84.5 Å². The molecule has 0 spiro atoms. The molecule has 1 aliphatic rings. The van der Waals surface area contributed by atoms with Crippen molar-refractivity contribution in [2.24, 2.45) is 0 Å². The molecule has 1 heterocycles. The van der Waals surface area contributed by atoms with E-state index in [9.17, 15) is 27.6 Å². The molecule has 0 aliphatic carbocycles. The van der Waals surface area contributed by atoms with E-state index < -0.39 is 30.2 Å². The van der Waals surface area contributed by atoms with Crippen molar-refractivity contribution >= 4 is 18.0 Å². The lowest BCUT2D eigenvalue weighted by atomic mass is 10.1. The number of alkyl carbamates (subject to hydrolysis) is 1. The van der Waals surface area contributed by atoms with Crippen molar-refractivity contribution in [1.82, 2.24) is 10.6 Å². The normalized spacial score (nSPS) is 19.4. The number of rotatable bonds is 5. The molecular formula is C9H11F3N2O4. The predicted octanol–water partition coefficient (Wildman–Crippen LogP) is 0.470. The maximum absolute atomic E-state index is 11.8. The van der Waals surface area contributed by atoms with Gasteiger partial charge < -0.3 is 15.4 Å². The Bertz CT molecular complexity index is 356. The summed E-state index contributed by atoms with van der Waals surface area (Å²) < 4.78 is 39.5. The van der Waals surface area contributed by atoms with Crippen LogP contribution < -0.4 is 10.6 Å². The van der Waals surface area contributed by atoms with Crippen LogP contribution in [0.3, 0.4) is 0 Å². The van der Waals surface area contributed by atoms with E-state index in [2.05, 4.69) is 10.1 Å². The van der Waals surface area contributed by atoms with Crippen molar-refractivity contribution in [2.75, 3.05) is 6.54 Å². The van der Waals surface area contributed by atoms with Gasteiger partial charge in [0, 0.05) is 6.54 Å². The van der Waals surface area contributed by atoms with E-state index in [1.165, 1.54) is 0 Å². The zero-order valence-electron chi connectivity index (χ0n) is 9.17. The summed E-state index contributed by atoms with van der Waals surface area (Å²) in [5.41, 5.74) is 0. The number of unbranched alkanes of at least 4 members (excludes halogenated alkanes) is 1. The first kappa shape index (κ1) is 14.3. The van der Waals surface area contributed by atoms with Gasteiger partial charge in [-0.3, -0.25) is 4.79 Å². The molecule has 0 radical (unpaired) electrons. The highest BCUT2D eigenvalue weighted by Gasteiger charge is 2.38. The van der Waals surface area contributed by atoms with Crippen molar-refractivity contribution in [3.8, 4) is 0 Å². The molecule has 1 aliphatic heterocycles. The molecule has 1 atom stereocenters. The molecule has 9 heteroatoms. The van der Waals surface area contributed by atoms with E-state index in [4.69, 9.17) is 0 Å². The standard InChI is InChI=1S/C9H11F3N2O4/c10-9(11,12)7(16)13-4-2-1-3-5-6(15)18-8(17)14-5/h5H,1-4H2,(H,13,16)(H,14,17)/t5-/m1/s1. The Morgan fingerprint density at radius 1 is 1.33 bits per heavy atom. The fourth-order valence-corrected chi connectivity index (χ4v) is 1.36. The molecule has 0 aromatic rings. The van der Waals surface area contributed by atoms with Gasteiger partial charge in [-0.15, -0.1) is 0 Å². The molecule has 0 unspecified atom stereocenters. The van der Waals surface area contributed by atoms with E-state index in [1.807, 2.05) is 0 Å². The van der Waals surface area contributed by atoms with E-state index in [0.717, 1.165) is 0 Å². The largest absolute Gasteiger partial charge is 0.471 e. The first-order chi connectivity index (χ1) is 8.30. The molecule has 0 bridgehead atoms. The quantitative estimate of drug-likeness (QED) is 0.431. The number of hydrogen-bond acceptors (Lipinski definition) is 4. The van der Waals surface area contributed by atoms with Gasteiger partial charge in [-0.1, -0.05) is 0 Å². The molecule has 2 amide bonds. The molecule has 102 valence electrons. The summed E-state index contributed by atoms with van der Waals surface area (Å²) in [6.07, 6.45) is -4.81. The summed E-state index contributed by atoms with van der Waals surface area (Å²) in [6.45, 7) is -0.145. The van der Waals surface area contributed by atoms with Gasteiger partial charge in [0.05, 0.1) is 0 Å². The Morgan fingerprint density at radius 2 is 2.00 bits per heavy atom. The fraction of sp³-hybridized carbons (Fsp3) is 0.667. The third kappa shape index (κ3) is 4.22. The van der Waals surface area contributed by atoms with Crippen molar-refractivity contribution in [1.29, 1.82) is 0 Å². The van der Waals surface area contributed by atoms with E-state index in [1.54, 1.807) is 5.32 Å².